The molecule has 0 atom stereocenters. The van der Waals surface area contributed by atoms with Crippen molar-refractivity contribution in [2.75, 3.05) is 19.6 Å². The molecule has 1 N–H and O–H groups in total. The second-order valence-electron chi connectivity index (χ2n) is 5.27. The number of benzene rings is 1. The average molecular weight is 329 g/mol. The summed E-state index contributed by atoms with van der Waals surface area (Å²) < 4.78 is 14.1. The molecule has 1 fully saturated rings. The Kier molecular flexibility index (Phi) is 5.79. The fraction of sp³-hybridized carbons (Fsp3) is 0.600. The summed E-state index contributed by atoms with van der Waals surface area (Å²) in [5.41, 5.74) is 1.00. The molecule has 106 valence electrons. The van der Waals surface area contributed by atoms with Crippen LogP contribution in [0.1, 0.15) is 31.7 Å². The summed E-state index contributed by atoms with van der Waals surface area (Å²) in [5, 5.41) is 3.54. The van der Waals surface area contributed by atoms with Gasteiger partial charge in [0.25, 0.3) is 0 Å². The van der Waals surface area contributed by atoms with Crippen molar-refractivity contribution < 1.29 is 4.39 Å². The van der Waals surface area contributed by atoms with E-state index in [0.717, 1.165) is 16.6 Å². The van der Waals surface area contributed by atoms with E-state index in [0.29, 0.717) is 6.04 Å². The van der Waals surface area contributed by atoms with Gasteiger partial charge in [0.2, 0.25) is 0 Å². The van der Waals surface area contributed by atoms with Gasteiger partial charge in [0, 0.05) is 17.1 Å². The fourth-order valence-corrected chi connectivity index (χ4v) is 3.16. The van der Waals surface area contributed by atoms with Crippen LogP contribution in [0.2, 0.25) is 0 Å². The topological polar surface area (TPSA) is 15.3 Å². The molecule has 0 spiro atoms. The molecule has 0 amide bonds. The van der Waals surface area contributed by atoms with Crippen LogP contribution in [0, 0.1) is 5.82 Å². The third-order valence-electron chi connectivity index (χ3n) is 3.64. The van der Waals surface area contributed by atoms with Gasteiger partial charge in [0.05, 0.1) is 0 Å². The quantitative estimate of drug-likeness (QED) is 0.889. The first-order valence-electron chi connectivity index (χ1n) is 7.08. The van der Waals surface area contributed by atoms with Crippen molar-refractivity contribution in [2.24, 2.45) is 0 Å². The molecule has 1 heterocycles. The van der Waals surface area contributed by atoms with Crippen LogP contribution in [0.25, 0.3) is 0 Å². The van der Waals surface area contributed by atoms with Crippen molar-refractivity contribution in [2.45, 2.75) is 38.8 Å². The Morgan fingerprint density at radius 1 is 1.32 bits per heavy atom. The van der Waals surface area contributed by atoms with E-state index in [9.17, 15) is 4.39 Å². The minimum Gasteiger partial charge on any atom is -0.310 e. The number of hydrogen-bond acceptors (Lipinski definition) is 2. The van der Waals surface area contributed by atoms with Crippen molar-refractivity contribution in [1.82, 2.24) is 10.2 Å². The first-order valence-corrected chi connectivity index (χ1v) is 7.87. The largest absolute Gasteiger partial charge is 0.310 e. The van der Waals surface area contributed by atoms with Gasteiger partial charge in [0.1, 0.15) is 5.82 Å². The van der Waals surface area contributed by atoms with E-state index in [2.05, 4.69) is 33.1 Å². The van der Waals surface area contributed by atoms with Crippen molar-refractivity contribution in [1.29, 1.82) is 0 Å². The molecule has 1 saturated heterocycles. The summed E-state index contributed by atoms with van der Waals surface area (Å²) in [6.07, 6.45) is 3.61. The van der Waals surface area contributed by atoms with Crippen LogP contribution < -0.4 is 5.32 Å². The maximum atomic E-state index is 13.3. The highest BCUT2D eigenvalue weighted by Gasteiger charge is 2.17. The molecule has 0 aromatic heterocycles. The zero-order chi connectivity index (χ0) is 13.7. The summed E-state index contributed by atoms with van der Waals surface area (Å²) in [7, 11) is 0. The molecule has 19 heavy (non-hydrogen) atoms. The van der Waals surface area contributed by atoms with E-state index in [1.807, 2.05) is 6.07 Å². The minimum atomic E-state index is -0.177. The first-order chi connectivity index (χ1) is 9.17. The molecule has 0 unspecified atom stereocenters. The van der Waals surface area contributed by atoms with Gasteiger partial charge in [-0.1, -0.05) is 22.9 Å². The van der Waals surface area contributed by atoms with Crippen LogP contribution in [-0.4, -0.2) is 30.6 Å². The number of likely N-dealkylation sites (tertiary alicyclic amines) is 1. The third kappa shape index (κ3) is 4.86. The van der Waals surface area contributed by atoms with E-state index < -0.39 is 0 Å². The minimum absolute atomic E-state index is 0.177. The fourth-order valence-electron chi connectivity index (χ4n) is 2.65. The SMILES string of the molecule is CCCN1CCC(NCc2cc(F)cc(Br)c2)CC1. The second kappa shape index (κ2) is 7.36. The van der Waals surface area contributed by atoms with Gasteiger partial charge in [-0.2, -0.15) is 0 Å². The lowest BCUT2D eigenvalue weighted by molar-refractivity contribution is 0.197. The van der Waals surface area contributed by atoms with Gasteiger partial charge in [0.15, 0.2) is 0 Å². The van der Waals surface area contributed by atoms with Gasteiger partial charge in [-0.25, -0.2) is 4.39 Å². The van der Waals surface area contributed by atoms with E-state index in [1.54, 1.807) is 6.07 Å². The van der Waals surface area contributed by atoms with Crippen molar-refractivity contribution >= 4 is 15.9 Å². The van der Waals surface area contributed by atoms with E-state index in [1.165, 1.54) is 45.0 Å². The summed E-state index contributed by atoms with van der Waals surface area (Å²) in [4.78, 5) is 2.52. The van der Waals surface area contributed by atoms with Gasteiger partial charge in [-0.05, 0) is 62.7 Å². The van der Waals surface area contributed by atoms with Gasteiger partial charge < -0.3 is 10.2 Å². The Balaban J connectivity index is 1.77. The van der Waals surface area contributed by atoms with E-state index in [4.69, 9.17) is 0 Å². The number of halogens is 2. The van der Waals surface area contributed by atoms with Gasteiger partial charge in [-0.3, -0.25) is 0 Å². The Morgan fingerprint density at radius 2 is 2.05 bits per heavy atom. The highest BCUT2D eigenvalue weighted by atomic mass is 79.9. The lowest BCUT2D eigenvalue weighted by Crippen LogP contribution is -2.42. The van der Waals surface area contributed by atoms with Crippen LogP contribution in [0.5, 0.6) is 0 Å². The highest BCUT2D eigenvalue weighted by molar-refractivity contribution is 9.10. The standard InChI is InChI=1S/C15H22BrFN2/c1-2-5-19-6-3-15(4-7-19)18-11-12-8-13(16)10-14(17)9-12/h8-10,15,18H,2-7,11H2,1H3. The number of nitrogens with zero attached hydrogens (tertiary/aromatic N) is 1. The Labute approximate surface area is 123 Å². The zero-order valence-corrected chi connectivity index (χ0v) is 13.0. The lowest BCUT2D eigenvalue weighted by atomic mass is 10.0. The summed E-state index contributed by atoms with van der Waals surface area (Å²) >= 11 is 3.33. The predicted molar refractivity (Wildman–Crippen MR) is 80.7 cm³/mol. The van der Waals surface area contributed by atoms with Crippen LogP contribution in [-0.2, 0) is 6.54 Å². The Bertz CT molecular complexity index is 383. The number of rotatable bonds is 5. The number of hydrogen-bond donors (Lipinski definition) is 1. The van der Waals surface area contributed by atoms with Gasteiger partial charge in [-0.15, -0.1) is 0 Å². The van der Waals surface area contributed by atoms with Crippen LogP contribution in [0.4, 0.5) is 4.39 Å². The monoisotopic (exact) mass is 328 g/mol. The van der Waals surface area contributed by atoms with Crippen LogP contribution >= 0.6 is 15.9 Å². The molecule has 4 heteroatoms. The Hall–Kier alpha value is -0.450. The molecule has 0 aliphatic carbocycles. The molecule has 2 nitrogen and oxygen atoms in total. The Morgan fingerprint density at radius 3 is 2.68 bits per heavy atom. The smallest absolute Gasteiger partial charge is 0.124 e. The molecule has 2 rings (SSSR count). The predicted octanol–water partition coefficient (Wildman–Crippen LogP) is 3.55. The molecule has 1 aliphatic rings. The van der Waals surface area contributed by atoms with Gasteiger partial charge >= 0.3 is 0 Å². The molecule has 1 aromatic carbocycles. The molecule has 1 aromatic rings. The molecule has 0 saturated carbocycles. The normalized spacial score (nSPS) is 17.8. The molecule has 1 aliphatic heterocycles. The van der Waals surface area contributed by atoms with Crippen LogP contribution in [0.15, 0.2) is 22.7 Å². The summed E-state index contributed by atoms with van der Waals surface area (Å²) in [6, 6.07) is 5.63. The second-order valence-corrected chi connectivity index (χ2v) is 6.19. The van der Waals surface area contributed by atoms with E-state index in [-0.39, 0.29) is 5.82 Å². The van der Waals surface area contributed by atoms with Crippen molar-refractivity contribution in [3.63, 3.8) is 0 Å². The summed E-state index contributed by atoms with van der Waals surface area (Å²) in [5.74, 6) is -0.177. The number of piperidine rings is 1. The molecule has 0 bridgehead atoms. The maximum Gasteiger partial charge on any atom is 0.124 e. The lowest BCUT2D eigenvalue weighted by Gasteiger charge is -2.32. The third-order valence-corrected chi connectivity index (χ3v) is 4.10. The highest BCUT2D eigenvalue weighted by Crippen LogP contribution is 2.16. The average Bonchev–Trinajstić information content (AvgIpc) is 2.37. The van der Waals surface area contributed by atoms with Crippen molar-refractivity contribution in [3.8, 4) is 0 Å². The first kappa shape index (κ1) is 14.9. The maximum absolute atomic E-state index is 13.3. The molecule has 0 radical (unpaired) electrons. The number of nitrogens with one attached hydrogen (secondary N) is 1. The molecular formula is C15H22BrFN2. The zero-order valence-electron chi connectivity index (χ0n) is 11.5. The summed E-state index contributed by atoms with van der Waals surface area (Å²) in [6.45, 7) is 6.54. The van der Waals surface area contributed by atoms with E-state index >= 15 is 0 Å². The van der Waals surface area contributed by atoms with Crippen LogP contribution in [0.3, 0.4) is 0 Å². The van der Waals surface area contributed by atoms with Crippen molar-refractivity contribution in [3.05, 3.63) is 34.1 Å². The molecular weight excluding hydrogens is 307 g/mol.